The molecule has 6 nitrogen and oxygen atoms in total. The summed E-state index contributed by atoms with van der Waals surface area (Å²) in [4.78, 5) is 21.2. The molecule has 19 heavy (non-hydrogen) atoms. The van der Waals surface area contributed by atoms with Gasteiger partial charge in [-0.3, -0.25) is 14.9 Å². The van der Waals surface area contributed by atoms with Crippen LogP contribution in [0.1, 0.15) is 24.0 Å². The van der Waals surface area contributed by atoms with Gasteiger partial charge in [0.15, 0.2) is 0 Å². The molecule has 7 heteroatoms. The maximum Gasteiger partial charge on any atom is 0.303 e. The predicted octanol–water partition coefficient (Wildman–Crippen LogP) is 2.52. The van der Waals surface area contributed by atoms with Crippen molar-refractivity contribution in [3.8, 4) is 0 Å². The maximum atomic E-state index is 11.1. The SMILES string of the molecule is Nc1c(Br)cc2c(c1[N+](=O)[O-])CC(CCC(=O)O)C2. The Balaban J connectivity index is 2.30. The number of nitrogen functional groups attached to an aromatic ring is 1. The number of nitro groups is 1. The van der Waals surface area contributed by atoms with Gasteiger partial charge in [-0.15, -0.1) is 0 Å². The van der Waals surface area contributed by atoms with Crippen LogP contribution in [0.2, 0.25) is 0 Å². The van der Waals surface area contributed by atoms with Crippen LogP contribution in [0.25, 0.3) is 0 Å². The van der Waals surface area contributed by atoms with E-state index in [1.54, 1.807) is 6.07 Å². The molecule has 0 aliphatic heterocycles. The minimum Gasteiger partial charge on any atom is -0.481 e. The molecule has 0 amide bonds. The third-order valence-corrected chi connectivity index (χ3v) is 4.09. The van der Waals surface area contributed by atoms with Crippen LogP contribution in [0.15, 0.2) is 10.5 Å². The fourth-order valence-corrected chi connectivity index (χ4v) is 3.03. The Morgan fingerprint density at radius 2 is 2.26 bits per heavy atom. The zero-order valence-electron chi connectivity index (χ0n) is 10.1. The molecule has 1 unspecified atom stereocenters. The lowest BCUT2D eigenvalue weighted by atomic mass is 10.0. The number of rotatable bonds is 4. The molecule has 0 saturated carbocycles. The highest BCUT2D eigenvalue weighted by Gasteiger charge is 2.32. The van der Waals surface area contributed by atoms with Crippen molar-refractivity contribution >= 4 is 33.3 Å². The third kappa shape index (κ3) is 2.70. The van der Waals surface area contributed by atoms with Crippen LogP contribution >= 0.6 is 15.9 Å². The number of aliphatic carboxylic acids is 1. The number of hydrogen-bond donors (Lipinski definition) is 2. The van der Waals surface area contributed by atoms with E-state index in [0.717, 1.165) is 5.56 Å². The number of carbonyl (C=O) groups is 1. The Hall–Kier alpha value is -1.63. The van der Waals surface area contributed by atoms with E-state index in [2.05, 4.69) is 15.9 Å². The molecule has 1 aliphatic carbocycles. The minimum absolute atomic E-state index is 0.0396. The zero-order chi connectivity index (χ0) is 14.2. The molecule has 0 spiro atoms. The monoisotopic (exact) mass is 328 g/mol. The van der Waals surface area contributed by atoms with Crippen molar-refractivity contribution in [2.75, 3.05) is 5.73 Å². The summed E-state index contributed by atoms with van der Waals surface area (Å²) < 4.78 is 0.525. The predicted molar refractivity (Wildman–Crippen MR) is 73.0 cm³/mol. The van der Waals surface area contributed by atoms with E-state index in [9.17, 15) is 14.9 Å². The average molecular weight is 329 g/mol. The summed E-state index contributed by atoms with van der Waals surface area (Å²) in [6.07, 6.45) is 1.81. The topological polar surface area (TPSA) is 106 Å². The maximum absolute atomic E-state index is 11.1. The van der Waals surface area contributed by atoms with Gasteiger partial charge in [-0.05, 0) is 52.7 Å². The molecule has 3 N–H and O–H groups in total. The highest BCUT2D eigenvalue weighted by molar-refractivity contribution is 9.10. The second-order valence-electron chi connectivity index (χ2n) is 4.72. The summed E-state index contributed by atoms with van der Waals surface area (Å²) in [5.74, 6) is -0.704. The molecular formula is C12H13BrN2O4. The number of nitrogens with zero attached hydrogens (tertiary/aromatic N) is 1. The number of carboxylic acids is 1. The molecule has 1 atom stereocenters. The van der Waals surface area contributed by atoms with E-state index in [4.69, 9.17) is 10.8 Å². The molecule has 1 aromatic rings. The lowest BCUT2D eigenvalue weighted by molar-refractivity contribution is -0.384. The van der Waals surface area contributed by atoms with Gasteiger partial charge in [-0.25, -0.2) is 0 Å². The van der Waals surface area contributed by atoms with E-state index < -0.39 is 10.9 Å². The molecule has 0 heterocycles. The quantitative estimate of drug-likeness (QED) is 0.501. The molecule has 2 rings (SSSR count). The van der Waals surface area contributed by atoms with Crippen LogP contribution < -0.4 is 5.73 Å². The zero-order valence-corrected chi connectivity index (χ0v) is 11.6. The van der Waals surface area contributed by atoms with Crippen molar-refractivity contribution < 1.29 is 14.8 Å². The summed E-state index contributed by atoms with van der Waals surface area (Å²) in [6, 6.07) is 1.80. The number of anilines is 1. The standard InChI is InChI=1S/C12H13BrN2O4/c13-9-5-7-3-6(1-2-10(16)17)4-8(7)12(11(9)14)15(18)19/h5-6H,1-4,14H2,(H,16,17). The molecule has 0 radical (unpaired) electrons. The third-order valence-electron chi connectivity index (χ3n) is 3.44. The van der Waals surface area contributed by atoms with Gasteiger partial charge in [0.1, 0.15) is 5.69 Å². The van der Waals surface area contributed by atoms with Gasteiger partial charge in [0.2, 0.25) is 0 Å². The van der Waals surface area contributed by atoms with Gasteiger partial charge in [-0.2, -0.15) is 0 Å². The van der Waals surface area contributed by atoms with E-state index in [1.165, 1.54) is 0 Å². The number of carboxylic acid groups (broad SMARTS) is 1. The molecule has 0 aromatic heterocycles. The summed E-state index contributed by atoms with van der Waals surface area (Å²) in [7, 11) is 0. The fourth-order valence-electron chi connectivity index (χ4n) is 2.57. The van der Waals surface area contributed by atoms with E-state index in [0.29, 0.717) is 29.3 Å². The average Bonchev–Trinajstić information content (AvgIpc) is 2.69. The number of nitrogens with two attached hydrogens (primary N) is 1. The Bertz CT molecular complexity index is 559. The molecule has 1 aliphatic rings. The summed E-state index contributed by atoms with van der Waals surface area (Å²) in [6.45, 7) is 0. The number of nitro benzene ring substituents is 1. The van der Waals surface area contributed by atoms with Crippen LogP contribution in [-0.2, 0) is 17.6 Å². The molecule has 0 fully saturated rings. The summed E-state index contributed by atoms with van der Waals surface area (Å²) in [5.41, 5.74) is 7.39. The molecule has 0 saturated heterocycles. The van der Waals surface area contributed by atoms with Crippen molar-refractivity contribution in [3.63, 3.8) is 0 Å². The fraction of sp³-hybridized carbons (Fsp3) is 0.417. The van der Waals surface area contributed by atoms with E-state index >= 15 is 0 Å². The van der Waals surface area contributed by atoms with Crippen molar-refractivity contribution in [1.29, 1.82) is 0 Å². The molecule has 102 valence electrons. The molecule has 1 aromatic carbocycles. The summed E-state index contributed by atoms with van der Waals surface area (Å²) in [5, 5.41) is 19.8. The Morgan fingerprint density at radius 3 is 2.84 bits per heavy atom. The van der Waals surface area contributed by atoms with Gasteiger partial charge >= 0.3 is 5.97 Å². The van der Waals surface area contributed by atoms with Gasteiger partial charge < -0.3 is 10.8 Å². The first-order chi connectivity index (χ1) is 8.90. The van der Waals surface area contributed by atoms with E-state index in [1.807, 2.05) is 0 Å². The smallest absolute Gasteiger partial charge is 0.303 e. The lowest BCUT2D eigenvalue weighted by Gasteiger charge is -2.06. The Kier molecular flexibility index (Phi) is 3.75. The normalized spacial score (nSPS) is 17.2. The number of hydrogen-bond acceptors (Lipinski definition) is 4. The van der Waals surface area contributed by atoms with Gasteiger partial charge in [0, 0.05) is 16.5 Å². The number of benzene rings is 1. The second-order valence-corrected chi connectivity index (χ2v) is 5.58. The molecule has 0 bridgehead atoms. The Labute approximate surface area is 117 Å². The highest BCUT2D eigenvalue weighted by Crippen LogP contribution is 2.42. The van der Waals surface area contributed by atoms with Crippen molar-refractivity contribution in [1.82, 2.24) is 0 Å². The summed E-state index contributed by atoms with van der Waals surface area (Å²) >= 11 is 3.23. The molecular weight excluding hydrogens is 316 g/mol. The van der Waals surface area contributed by atoms with Crippen LogP contribution in [-0.4, -0.2) is 16.0 Å². The Morgan fingerprint density at radius 1 is 1.58 bits per heavy atom. The first-order valence-electron chi connectivity index (χ1n) is 5.86. The van der Waals surface area contributed by atoms with E-state index in [-0.39, 0.29) is 23.7 Å². The largest absolute Gasteiger partial charge is 0.481 e. The first kappa shape index (κ1) is 13.8. The highest BCUT2D eigenvalue weighted by atomic mass is 79.9. The number of halogens is 1. The van der Waals surface area contributed by atoms with Gasteiger partial charge in [0.25, 0.3) is 5.69 Å². The van der Waals surface area contributed by atoms with Crippen LogP contribution in [0, 0.1) is 16.0 Å². The van der Waals surface area contributed by atoms with Gasteiger partial charge in [0.05, 0.1) is 4.92 Å². The van der Waals surface area contributed by atoms with Crippen molar-refractivity contribution in [3.05, 3.63) is 31.8 Å². The lowest BCUT2D eigenvalue weighted by Crippen LogP contribution is -2.04. The van der Waals surface area contributed by atoms with Crippen molar-refractivity contribution in [2.45, 2.75) is 25.7 Å². The van der Waals surface area contributed by atoms with Gasteiger partial charge in [-0.1, -0.05) is 0 Å². The van der Waals surface area contributed by atoms with Crippen LogP contribution in [0.5, 0.6) is 0 Å². The van der Waals surface area contributed by atoms with Crippen LogP contribution in [0.4, 0.5) is 11.4 Å². The number of fused-ring (bicyclic) bond motifs is 1. The second kappa shape index (κ2) is 5.16. The van der Waals surface area contributed by atoms with Crippen molar-refractivity contribution in [2.24, 2.45) is 5.92 Å². The first-order valence-corrected chi connectivity index (χ1v) is 6.65. The van der Waals surface area contributed by atoms with Crippen LogP contribution in [0.3, 0.4) is 0 Å². The minimum atomic E-state index is -0.842.